The molecule has 0 bridgehead atoms. The molecule has 1 aromatic carbocycles. The van der Waals surface area contributed by atoms with Gasteiger partial charge in [-0.3, -0.25) is 14.6 Å². The average molecular weight is 336 g/mol. The lowest BCUT2D eigenvalue weighted by Crippen LogP contribution is -2.39. The zero-order valence-electron chi connectivity index (χ0n) is 14.1. The van der Waals surface area contributed by atoms with E-state index in [-0.39, 0.29) is 5.91 Å². The molecule has 7 heteroatoms. The maximum absolute atomic E-state index is 13.0. The second-order valence-corrected chi connectivity index (χ2v) is 6.38. The molecule has 4 rings (SSSR count). The van der Waals surface area contributed by atoms with E-state index in [0.717, 1.165) is 31.5 Å². The predicted molar refractivity (Wildman–Crippen MR) is 92.9 cm³/mol. The SMILES string of the molecule is Cn1nccc1C1CCCN(C(=O)c2cccc(-c3ncn[nH]3)c2)C1. The summed E-state index contributed by atoms with van der Waals surface area (Å²) in [5, 5.41) is 11.0. The molecular formula is C18H20N6O. The van der Waals surface area contributed by atoms with Gasteiger partial charge >= 0.3 is 0 Å². The largest absolute Gasteiger partial charge is 0.338 e. The molecule has 0 spiro atoms. The number of piperidine rings is 1. The summed E-state index contributed by atoms with van der Waals surface area (Å²) in [4.78, 5) is 19.1. The van der Waals surface area contributed by atoms with Gasteiger partial charge in [-0.2, -0.15) is 10.2 Å². The van der Waals surface area contributed by atoms with Crippen LogP contribution in [0.15, 0.2) is 42.9 Å². The number of nitrogens with one attached hydrogen (secondary N) is 1. The molecule has 0 saturated carbocycles. The molecule has 1 atom stereocenters. The van der Waals surface area contributed by atoms with Crippen molar-refractivity contribution in [1.82, 2.24) is 29.9 Å². The van der Waals surface area contributed by atoms with Crippen LogP contribution < -0.4 is 0 Å². The van der Waals surface area contributed by atoms with Crippen LogP contribution in [0.25, 0.3) is 11.4 Å². The van der Waals surface area contributed by atoms with Crippen LogP contribution in [0.1, 0.15) is 34.8 Å². The highest BCUT2D eigenvalue weighted by molar-refractivity contribution is 5.95. The third-order valence-corrected chi connectivity index (χ3v) is 4.78. The Morgan fingerprint density at radius 1 is 1.32 bits per heavy atom. The van der Waals surface area contributed by atoms with Crippen LogP contribution >= 0.6 is 0 Å². The molecule has 1 unspecified atom stereocenters. The summed E-state index contributed by atoms with van der Waals surface area (Å²) in [5.74, 6) is 1.07. The first-order chi connectivity index (χ1) is 12.2. The fraction of sp³-hybridized carbons (Fsp3) is 0.333. The molecular weight excluding hydrogens is 316 g/mol. The normalized spacial score (nSPS) is 17.6. The monoisotopic (exact) mass is 336 g/mol. The molecule has 7 nitrogen and oxygen atoms in total. The lowest BCUT2D eigenvalue weighted by molar-refractivity contribution is 0.0704. The highest BCUT2D eigenvalue weighted by Crippen LogP contribution is 2.27. The van der Waals surface area contributed by atoms with Crippen molar-refractivity contribution in [3.8, 4) is 11.4 Å². The Labute approximate surface area is 145 Å². The van der Waals surface area contributed by atoms with E-state index in [9.17, 15) is 4.79 Å². The number of aryl methyl sites for hydroxylation is 1. The van der Waals surface area contributed by atoms with E-state index in [1.165, 1.54) is 12.0 Å². The summed E-state index contributed by atoms with van der Waals surface area (Å²) < 4.78 is 1.91. The molecule has 2 aromatic heterocycles. The van der Waals surface area contributed by atoms with Crippen molar-refractivity contribution in [2.24, 2.45) is 7.05 Å². The molecule has 0 radical (unpaired) electrons. The molecule has 1 aliphatic rings. The number of carbonyl (C=O) groups excluding carboxylic acids is 1. The molecule has 1 saturated heterocycles. The van der Waals surface area contributed by atoms with Gasteiger partial charge in [0.25, 0.3) is 5.91 Å². The Hall–Kier alpha value is -2.96. The maximum atomic E-state index is 13.0. The number of nitrogens with zero attached hydrogens (tertiary/aromatic N) is 5. The lowest BCUT2D eigenvalue weighted by Gasteiger charge is -2.33. The molecule has 0 aliphatic carbocycles. The van der Waals surface area contributed by atoms with Crippen LogP contribution in [0, 0.1) is 0 Å². The third-order valence-electron chi connectivity index (χ3n) is 4.78. The molecule has 25 heavy (non-hydrogen) atoms. The third kappa shape index (κ3) is 3.05. The summed E-state index contributed by atoms with van der Waals surface area (Å²) in [7, 11) is 1.96. The van der Waals surface area contributed by atoms with Gasteiger partial charge in [0.2, 0.25) is 0 Å². The summed E-state index contributed by atoms with van der Waals surface area (Å²) in [6.07, 6.45) is 5.37. The standard InChI is InChI=1S/C18H20N6O/c1-23-16(7-8-21-23)15-6-3-9-24(11-15)18(25)14-5-2-4-13(10-14)17-19-12-20-22-17/h2,4-5,7-8,10,12,15H,3,6,9,11H2,1H3,(H,19,20,22). The number of carbonyl (C=O) groups is 1. The number of benzene rings is 1. The van der Waals surface area contributed by atoms with E-state index >= 15 is 0 Å². The zero-order valence-corrected chi connectivity index (χ0v) is 14.1. The molecule has 1 aliphatic heterocycles. The van der Waals surface area contributed by atoms with Gasteiger partial charge in [0.05, 0.1) is 0 Å². The Morgan fingerprint density at radius 2 is 2.24 bits per heavy atom. The number of H-pyrrole nitrogens is 1. The molecule has 1 amide bonds. The fourth-order valence-electron chi connectivity index (χ4n) is 3.51. The fourth-order valence-corrected chi connectivity index (χ4v) is 3.51. The van der Waals surface area contributed by atoms with E-state index in [1.807, 2.05) is 53.2 Å². The quantitative estimate of drug-likeness (QED) is 0.795. The molecule has 1 N–H and O–H groups in total. The molecule has 3 heterocycles. The van der Waals surface area contributed by atoms with Gasteiger partial charge < -0.3 is 4.90 Å². The van der Waals surface area contributed by atoms with Crippen LogP contribution in [-0.4, -0.2) is 48.9 Å². The number of rotatable bonds is 3. The van der Waals surface area contributed by atoms with Crippen LogP contribution in [0.4, 0.5) is 0 Å². The second-order valence-electron chi connectivity index (χ2n) is 6.38. The summed E-state index contributed by atoms with van der Waals surface area (Å²) in [6.45, 7) is 1.52. The highest BCUT2D eigenvalue weighted by Gasteiger charge is 2.27. The van der Waals surface area contributed by atoms with Crippen LogP contribution in [0.2, 0.25) is 0 Å². The Kier molecular flexibility index (Phi) is 4.05. The number of aromatic nitrogens is 5. The first-order valence-corrected chi connectivity index (χ1v) is 8.45. The molecule has 3 aromatic rings. The first-order valence-electron chi connectivity index (χ1n) is 8.45. The van der Waals surface area contributed by atoms with Gasteiger partial charge in [0, 0.05) is 49.1 Å². The minimum Gasteiger partial charge on any atom is -0.338 e. The number of aromatic amines is 1. The van der Waals surface area contributed by atoms with Crippen molar-refractivity contribution < 1.29 is 4.79 Å². The average Bonchev–Trinajstić information content (AvgIpc) is 3.33. The number of hydrogen-bond acceptors (Lipinski definition) is 4. The number of amides is 1. The van der Waals surface area contributed by atoms with Crippen molar-refractivity contribution in [2.75, 3.05) is 13.1 Å². The van der Waals surface area contributed by atoms with E-state index in [0.29, 0.717) is 17.3 Å². The van der Waals surface area contributed by atoms with Gasteiger partial charge in [0.15, 0.2) is 5.82 Å². The smallest absolute Gasteiger partial charge is 0.253 e. The lowest BCUT2D eigenvalue weighted by atomic mass is 9.94. The van der Waals surface area contributed by atoms with Gasteiger partial charge in [0.1, 0.15) is 6.33 Å². The van der Waals surface area contributed by atoms with Gasteiger partial charge in [-0.15, -0.1) is 0 Å². The second kappa shape index (κ2) is 6.51. The molecule has 128 valence electrons. The Morgan fingerprint density at radius 3 is 3.00 bits per heavy atom. The first kappa shape index (κ1) is 15.6. The molecule has 1 fully saturated rings. The predicted octanol–water partition coefficient (Wildman–Crippen LogP) is 2.23. The zero-order chi connectivity index (χ0) is 17.2. The van der Waals surface area contributed by atoms with Gasteiger partial charge in [-0.1, -0.05) is 12.1 Å². The topological polar surface area (TPSA) is 79.7 Å². The van der Waals surface area contributed by atoms with E-state index in [1.54, 1.807) is 0 Å². The van der Waals surface area contributed by atoms with Crippen LogP contribution in [0.3, 0.4) is 0 Å². The summed E-state index contributed by atoms with van der Waals surface area (Å²) >= 11 is 0. The van der Waals surface area contributed by atoms with Crippen molar-refractivity contribution in [3.05, 3.63) is 54.1 Å². The van der Waals surface area contributed by atoms with Gasteiger partial charge in [-0.05, 0) is 31.0 Å². The maximum Gasteiger partial charge on any atom is 0.253 e. The number of likely N-dealkylation sites (tertiary alicyclic amines) is 1. The number of hydrogen-bond donors (Lipinski definition) is 1. The van der Waals surface area contributed by atoms with Crippen molar-refractivity contribution in [2.45, 2.75) is 18.8 Å². The van der Waals surface area contributed by atoms with Gasteiger partial charge in [-0.25, -0.2) is 4.98 Å². The minimum absolute atomic E-state index is 0.0632. The van der Waals surface area contributed by atoms with E-state index in [4.69, 9.17) is 0 Å². The highest BCUT2D eigenvalue weighted by atomic mass is 16.2. The van der Waals surface area contributed by atoms with Crippen molar-refractivity contribution in [1.29, 1.82) is 0 Å². The van der Waals surface area contributed by atoms with Crippen LogP contribution in [-0.2, 0) is 7.05 Å². The summed E-state index contributed by atoms with van der Waals surface area (Å²) in [6, 6.07) is 9.58. The van der Waals surface area contributed by atoms with Crippen molar-refractivity contribution >= 4 is 5.91 Å². The van der Waals surface area contributed by atoms with E-state index in [2.05, 4.69) is 20.3 Å². The Bertz CT molecular complexity index is 869. The van der Waals surface area contributed by atoms with E-state index < -0.39 is 0 Å². The summed E-state index contributed by atoms with van der Waals surface area (Å²) in [5.41, 5.74) is 2.73. The minimum atomic E-state index is 0.0632. The van der Waals surface area contributed by atoms with Crippen LogP contribution in [0.5, 0.6) is 0 Å². The van der Waals surface area contributed by atoms with Crippen molar-refractivity contribution in [3.63, 3.8) is 0 Å². The Balaban J connectivity index is 1.54.